The monoisotopic (exact) mass is 256 g/mol. The van der Waals surface area contributed by atoms with Crippen molar-refractivity contribution >= 4 is 0 Å². The Morgan fingerprint density at radius 1 is 1.11 bits per heavy atom. The molecule has 0 aromatic carbocycles. The number of ether oxygens (including phenoxy) is 1. The van der Waals surface area contributed by atoms with E-state index in [1.54, 1.807) is 0 Å². The quantitative estimate of drug-likeness (QED) is 0.815. The van der Waals surface area contributed by atoms with Crippen LogP contribution in [0.3, 0.4) is 0 Å². The highest BCUT2D eigenvalue weighted by molar-refractivity contribution is 5.04. The third-order valence-corrected chi connectivity index (χ3v) is 3.66. The number of unbranched alkanes of at least 4 members (excludes halogenated alkanes) is 1. The molecule has 2 heterocycles. The Bertz CT molecular complexity index is 286. The molecule has 4 nitrogen and oxygen atoms in total. The van der Waals surface area contributed by atoms with Gasteiger partial charge in [-0.1, -0.05) is 13.3 Å². The first-order chi connectivity index (χ1) is 8.26. The minimum Gasteiger partial charge on any atom is -0.328 e. The molecule has 106 valence electrons. The van der Waals surface area contributed by atoms with Crippen molar-refractivity contribution < 1.29 is 9.57 Å². The number of piperidine rings is 1. The number of hydrogen-bond donors (Lipinski definition) is 2. The molecule has 0 saturated carbocycles. The molecule has 1 atom stereocenters. The van der Waals surface area contributed by atoms with Crippen molar-refractivity contribution in [1.29, 1.82) is 0 Å². The highest BCUT2D eigenvalue weighted by Crippen LogP contribution is 2.40. The molecule has 4 heteroatoms. The maximum atomic E-state index is 6.19. The molecule has 2 aliphatic heterocycles. The van der Waals surface area contributed by atoms with E-state index in [0.29, 0.717) is 0 Å². The van der Waals surface area contributed by atoms with E-state index < -0.39 is 0 Å². The molecule has 2 rings (SSSR count). The van der Waals surface area contributed by atoms with Crippen LogP contribution in [-0.4, -0.2) is 23.1 Å². The van der Waals surface area contributed by atoms with Gasteiger partial charge in [-0.25, -0.2) is 0 Å². The molecule has 2 aliphatic rings. The molecular formula is C14H28N2O2. The third-order valence-electron chi connectivity index (χ3n) is 3.66. The van der Waals surface area contributed by atoms with Gasteiger partial charge in [0.05, 0.1) is 0 Å². The van der Waals surface area contributed by atoms with E-state index in [4.69, 9.17) is 9.57 Å². The fourth-order valence-electron chi connectivity index (χ4n) is 3.61. The molecule has 18 heavy (non-hydrogen) atoms. The zero-order valence-corrected chi connectivity index (χ0v) is 12.4. The van der Waals surface area contributed by atoms with Crippen molar-refractivity contribution in [2.24, 2.45) is 0 Å². The van der Waals surface area contributed by atoms with E-state index in [-0.39, 0.29) is 23.1 Å². The summed E-state index contributed by atoms with van der Waals surface area (Å²) < 4.78 is 6.19. The largest absolute Gasteiger partial charge is 0.328 e. The van der Waals surface area contributed by atoms with Gasteiger partial charge in [0.25, 0.3) is 0 Å². The third kappa shape index (κ3) is 3.23. The van der Waals surface area contributed by atoms with Gasteiger partial charge in [0.2, 0.25) is 0 Å². The molecular weight excluding hydrogens is 228 g/mol. The van der Waals surface area contributed by atoms with Crippen molar-refractivity contribution in [1.82, 2.24) is 10.8 Å². The summed E-state index contributed by atoms with van der Waals surface area (Å²) in [5, 5.41) is 3.67. The van der Waals surface area contributed by atoms with Gasteiger partial charge in [-0.15, -0.1) is 0 Å². The molecule has 1 spiro atoms. The number of hydroxylamine groups is 1. The Morgan fingerprint density at radius 3 is 2.28 bits per heavy atom. The average molecular weight is 256 g/mol. The molecule has 0 aromatic rings. The van der Waals surface area contributed by atoms with Gasteiger partial charge in [0.1, 0.15) is 5.72 Å². The summed E-state index contributed by atoms with van der Waals surface area (Å²) >= 11 is 0. The lowest BCUT2D eigenvalue weighted by Crippen LogP contribution is -2.66. The Kier molecular flexibility index (Phi) is 3.76. The summed E-state index contributed by atoms with van der Waals surface area (Å²) in [6.45, 7) is 11.1. The summed E-state index contributed by atoms with van der Waals surface area (Å²) in [5.74, 6) is 0. The van der Waals surface area contributed by atoms with Crippen LogP contribution in [0, 0.1) is 0 Å². The summed E-state index contributed by atoms with van der Waals surface area (Å²) in [4.78, 5) is 5.64. The summed E-state index contributed by atoms with van der Waals surface area (Å²) in [6, 6.07) is 0. The molecule has 1 unspecified atom stereocenters. The van der Waals surface area contributed by atoms with Crippen LogP contribution >= 0.6 is 0 Å². The maximum absolute atomic E-state index is 6.19. The van der Waals surface area contributed by atoms with Crippen molar-refractivity contribution in [2.75, 3.05) is 0 Å². The SMILES string of the molecule is CCCCC1ONC2(CC(C)(C)NC(C)(C)C2)O1. The first-order valence-electron chi connectivity index (χ1n) is 7.16. The zero-order valence-electron chi connectivity index (χ0n) is 12.4. The number of nitrogens with one attached hydrogen (secondary N) is 2. The van der Waals surface area contributed by atoms with E-state index in [9.17, 15) is 0 Å². The lowest BCUT2D eigenvalue weighted by Gasteiger charge is -2.50. The predicted molar refractivity (Wildman–Crippen MR) is 71.9 cm³/mol. The lowest BCUT2D eigenvalue weighted by atomic mass is 9.77. The molecule has 0 aromatic heterocycles. The Hall–Kier alpha value is -0.160. The smallest absolute Gasteiger partial charge is 0.179 e. The highest BCUT2D eigenvalue weighted by Gasteiger charge is 2.52. The first kappa shape index (κ1) is 14.3. The molecule has 0 radical (unpaired) electrons. The van der Waals surface area contributed by atoms with Crippen LogP contribution in [0.15, 0.2) is 0 Å². The van der Waals surface area contributed by atoms with E-state index in [1.165, 1.54) is 6.42 Å². The summed E-state index contributed by atoms with van der Waals surface area (Å²) in [6.07, 6.45) is 5.05. The maximum Gasteiger partial charge on any atom is 0.179 e. The minimum atomic E-state index is -0.323. The van der Waals surface area contributed by atoms with Crippen LogP contribution in [0.4, 0.5) is 0 Å². The van der Waals surface area contributed by atoms with Crippen molar-refractivity contribution in [3.8, 4) is 0 Å². The summed E-state index contributed by atoms with van der Waals surface area (Å²) in [5.41, 5.74) is 2.96. The van der Waals surface area contributed by atoms with E-state index in [1.807, 2.05) is 0 Å². The van der Waals surface area contributed by atoms with Crippen LogP contribution in [0.5, 0.6) is 0 Å². The van der Waals surface area contributed by atoms with E-state index >= 15 is 0 Å². The van der Waals surface area contributed by atoms with Crippen molar-refractivity contribution in [3.63, 3.8) is 0 Å². The van der Waals surface area contributed by atoms with Gasteiger partial charge < -0.3 is 10.1 Å². The van der Waals surface area contributed by atoms with Gasteiger partial charge in [-0.05, 0) is 34.1 Å². The van der Waals surface area contributed by atoms with Crippen molar-refractivity contribution in [3.05, 3.63) is 0 Å². The van der Waals surface area contributed by atoms with Gasteiger partial charge in [0, 0.05) is 30.3 Å². The topological polar surface area (TPSA) is 42.5 Å². The second-order valence-corrected chi connectivity index (χ2v) is 7.15. The van der Waals surface area contributed by atoms with Crippen LogP contribution in [-0.2, 0) is 9.57 Å². The van der Waals surface area contributed by atoms with Crippen LogP contribution in [0.2, 0.25) is 0 Å². The molecule has 2 saturated heterocycles. The van der Waals surface area contributed by atoms with Crippen molar-refractivity contribution in [2.45, 2.75) is 89.8 Å². The van der Waals surface area contributed by atoms with Crippen LogP contribution in [0.1, 0.15) is 66.7 Å². The van der Waals surface area contributed by atoms with E-state index in [0.717, 1.165) is 25.7 Å². The number of hydrogen-bond acceptors (Lipinski definition) is 4. The van der Waals surface area contributed by atoms with Crippen LogP contribution < -0.4 is 10.8 Å². The molecule has 0 bridgehead atoms. The lowest BCUT2D eigenvalue weighted by molar-refractivity contribution is -0.124. The van der Waals surface area contributed by atoms with Crippen LogP contribution in [0.25, 0.3) is 0 Å². The second-order valence-electron chi connectivity index (χ2n) is 7.15. The molecule has 2 N–H and O–H groups in total. The average Bonchev–Trinajstić information content (AvgIpc) is 2.52. The number of rotatable bonds is 3. The summed E-state index contributed by atoms with van der Waals surface area (Å²) in [7, 11) is 0. The van der Waals surface area contributed by atoms with Gasteiger partial charge in [0.15, 0.2) is 6.29 Å². The normalized spacial score (nSPS) is 32.8. The second kappa shape index (κ2) is 4.75. The Labute approximate surface area is 111 Å². The predicted octanol–water partition coefficient (Wildman–Crippen LogP) is 2.69. The molecule has 0 aliphatic carbocycles. The standard InChI is InChI=1S/C14H28N2O2/c1-6-7-8-11-17-14(16-18-11)9-12(2,3)15-13(4,5)10-14/h11,15-16H,6-10H2,1-5H3. The highest BCUT2D eigenvalue weighted by atomic mass is 16.8. The first-order valence-corrected chi connectivity index (χ1v) is 7.16. The Morgan fingerprint density at radius 2 is 1.72 bits per heavy atom. The fourth-order valence-corrected chi connectivity index (χ4v) is 3.61. The minimum absolute atomic E-state index is 0.0533. The fraction of sp³-hybridized carbons (Fsp3) is 1.00. The molecule has 0 amide bonds. The van der Waals surface area contributed by atoms with Gasteiger partial charge in [-0.2, -0.15) is 5.48 Å². The Balaban J connectivity index is 2.03. The van der Waals surface area contributed by atoms with Gasteiger partial charge >= 0.3 is 0 Å². The van der Waals surface area contributed by atoms with E-state index in [2.05, 4.69) is 45.4 Å². The zero-order chi connectivity index (χ0) is 13.4. The van der Waals surface area contributed by atoms with Gasteiger partial charge in [-0.3, -0.25) is 4.84 Å². The molecule has 2 fully saturated rings.